The number of nitrogens with zero attached hydrogens (tertiary/aromatic N) is 1. The molecule has 20 heavy (non-hydrogen) atoms. The number of benzene rings is 1. The van der Waals surface area contributed by atoms with E-state index >= 15 is 0 Å². The molecule has 1 aromatic carbocycles. The predicted molar refractivity (Wildman–Crippen MR) is 71.3 cm³/mol. The zero-order chi connectivity index (χ0) is 15.1. The number of guanidine groups is 1. The van der Waals surface area contributed by atoms with Crippen LogP contribution in [0.3, 0.4) is 0 Å². The van der Waals surface area contributed by atoms with Crippen molar-refractivity contribution in [3.05, 3.63) is 29.3 Å². The van der Waals surface area contributed by atoms with Gasteiger partial charge in [-0.25, -0.2) is 8.78 Å². The van der Waals surface area contributed by atoms with Crippen molar-refractivity contribution in [1.82, 2.24) is 0 Å². The van der Waals surface area contributed by atoms with Gasteiger partial charge in [-0.1, -0.05) is 13.3 Å². The monoisotopic (exact) mass is 285 g/mol. The summed E-state index contributed by atoms with van der Waals surface area (Å²) in [4.78, 5) is 14.6. The molecular weight excluding hydrogens is 268 g/mol. The highest BCUT2D eigenvalue weighted by Crippen LogP contribution is 2.24. The van der Waals surface area contributed by atoms with E-state index in [1.165, 1.54) is 6.07 Å². The molecule has 0 aliphatic heterocycles. The molecule has 0 saturated carbocycles. The largest absolute Gasteiger partial charge is 0.491 e. The summed E-state index contributed by atoms with van der Waals surface area (Å²) in [6.45, 7) is 2.28. The highest BCUT2D eigenvalue weighted by molar-refractivity contribution is 5.92. The Morgan fingerprint density at radius 3 is 2.65 bits per heavy atom. The van der Waals surface area contributed by atoms with E-state index in [2.05, 4.69) is 4.99 Å². The van der Waals surface area contributed by atoms with E-state index in [4.69, 9.17) is 16.2 Å². The van der Waals surface area contributed by atoms with Gasteiger partial charge >= 0.3 is 0 Å². The summed E-state index contributed by atoms with van der Waals surface area (Å²) in [7, 11) is 0. The lowest BCUT2D eigenvalue weighted by Crippen LogP contribution is -2.24. The Morgan fingerprint density at radius 1 is 1.35 bits per heavy atom. The van der Waals surface area contributed by atoms with Gasteiger partial charge in [0.25, 0.3) is 5.91 Å². The molecule has 0 atom stereocenters. The zero-order valence-electron chi connectivity index (χ0n) is 11.2. The fraction of sp³-hybridized carbons (Fsp3) is 0.385. The Morgan fingerprint density at radius 2 is 2.05 bits per heavy atom. The van der Waals surface area contributed by atoms with E-state index < -0.39 is 35.5 Å². The maximum atomic E-state index is 14.0. The van der Waals surface area contributed by atoms with Gasteiger partial charge in [0, 0.05) is 5.56 Å². The summed E-state index contributed by atoms with van der Waals surface area (Å²) < 4.78 is 32.8. The highest BCUT2D eigenvalue weighted by atomic mass is 19.1. The first kappa shape index (κ1) is 15.9. The molecule has 0 aliphatic carbocycles. The predicted octanol–water partition coefficient (Wildman–Crippen LogP) is 1.49. The van der Waals surface area contributed by atoms with Gasteiger partial charge in [0.15, 0.2) is 17.5 Å². The molecule has 0 radical (unpaired) electrons. The summed E-state index contributed by atoms with van der Waals surface area (Å²) >= 11 is 0. The number of hydrogen-bond acceptors (Lipinski definition) is 2. The minimum Gasteiger partial charge on any atom is -0.491 e. The Labute approximate surface area is 115 Å². The van der Waals surface area contributed by atoms with Gasteiger partial charge in [-0.2, -0.15) is 4.99 Å². The van der Waals surface area contributed by atoms with Crippen LogP contribution >= 0.6 is 0 Å². The van der Waals surface area contributed by atoms with Gasteiger partial charge in [-0.15, -0.1) is 0 Å². The Balaban J connectivity index is 2.92. The van der Waals surface area contributed by atoms with E-state index in [-0.39, 0.29) is 5.75 Å². The van der Waals surface area contributed by atoms with Crippen LogP contribution < -0.4 is 16.2 Å². The topological polar surface area (TPSA) is 90.7 Å². The van der Waals surface area contributed by atoms with Gasteiger partial charge in [-0.3, -0.25) is 4.79 Å². The van der Waals surface area contributed by atoms with Crippen molar-refractivity contribution in [3.8, 4) is 5.75 Å². The number of amides is 1. The first-order valence-electron chi connectivity index (χ1n) is 6.17. The molecule has 5 nitrogen and oxygen atoms in total. The number of carbonyl (C=O) groups excluding carboxylic acids is 1. The minimum absolute atomic E-state index is 0.0904. The smallest absolute Gasteiger partial charge is 0.253 e. The fourth-order valence-electron chi connectivity index (χ4n) is 1.51. The Kier molecular flexibility index (Phi) is 5.89. The summed E-state index contributed by atoms with van der Waals surface area (Å²) in [5.41, 5.74) is 9.65. The van der Waals surface area contributed by atoms with Crippen LogP contribution in [-0.4, -0.2) is 18.5 Å². The van der Waals surface area contributed by atoms with Crippen molar-refractivity contribution in [3.63, 3.8) is 0 Å². The van der Waals surface area contributed by atoms with E-state index in [1.807, 2.05) is 6.92 Å². The second kappa shape index (κ2) is 7.42. The molecule has 0 aromatic heterocycles. The van der Waals surface area contributed by atoms with Crippen LogP contribution in [0.2, 0.25) is 0 Å². The van der Waals surface area contributed by atoms with Crippen molar-refractivity contribution < 1.29 is 18.3 Å². The summed E-state index contributed by atoms with van der Waals surface area (Å²) in [5, 5.41) is 0. The lowest BCUT2D eigenvalue weighted by Gasteiger charge is -2.10. The van der Waals surface area contributed by atoms with Crippen molar-refractivity contribution >= 4 is 11.9 Å². The van der Waals surface area contributed by atoms with Gasteiger partial charge in [0.2, 0.25) is 0 Å². The molecular formula is C13H17F2N3O2. The molecule has 1 aromatic rings. The van der Waals surface area contributed by atoms with Gasteiger partial charge < -0.3 is 16.2 Å². The van der Waals surface area contributed by atoms with Crippen molar-refractivity contribution in [2.75, 3.05) is 6.61 Å². The lowest BCUT2D eigenvalue weighted by molar-refractivity contribution is -0.117. The molecule has 1 rings (SSSR count). The summed E-state index contributed by atoms with van der Waals surface area (Å²) in [6.07, 6.45) is 1.07. The summed E-state index contributed by atoms with van der Waals surface area (Å²) in [5.74, 6) is -3.11. The van der Waals surface area contributed by atoms with Gasteiger partial charge in [0.05, 0.1) is 13.0 Å². The van der Waals surface area contributed by atoms with E-state index in [9.17, 15) is 13.6 Å². The van der Waals surface area contributed by atoms with Crippen molar-refractivity contribution in [2.24, 2.45) is 16.5 Å². The second-order valence-corrected chi connectivity index (χ2v) is 4.15. The molecule has 7 heteroatoms. The number of unbranched alkanes of at least 4 members (excludes halogenated alkanes) is 1. The van der Waals surface area contributed by atoms with Crippen LogP contribution in [0.4, 0.5) is 8.78 Å². The Hall–Kier alpha value is -2.18. The quantitative estimate of drug-likeness (QED) is 0.470. The number of rotatable bonds is 6. The third-order valence-corrected chi connectivity index (χ3v) is 2.49. The van der Waals surface area contributed by atoms with E-state index in [0.29, 0.717) is 6.61 Å². The number of nitrogens with two attached hydrogens (primary N) is 2. The lowest BCUT2D eigenvalue weighted by atomic mass is 10.1. The molecule has 0 saturated heterocycles. The van der Waals surface area contributed by atoms with Crippen molar-refractivity contribution in [1.29, 1.82) is 0 Å². The number of aliphatic imine (C=N–C) groups is 1. The van der Waals surface area contributed by atoms with E-state index in [1.54, 1.807) is 0 Å². The third kappa shape index (κ3) is 4.49. The number of ether oxygens (including phenoxy) is 1. The molecule has 110 valence electrons. The van der Waals surface area contributed by atoms with Gasteiger partial charge in [-0.05, 0) is 18.6 Å². The van der Waals surface area contributed by atoms with E-state index in [0.717, 1.165) is 18.9 Å². The summed E-state index contributed by atoms with van der Waals surface area (Å²) in [6, 6.07) is 2.23. The first-order valence-corrected chi connectivity index (χ1v) is 6.17. The maximum Gasteiger partial charge on any atom is 0.253 e. The van der Waals surface area contributed by atoms with Gasteiger partial charge in [0.1, 0.15) is 5.82 Å². The molecule has 0 fully saturated rings. The first-order chi connectivity index (χ1) is 9.45. The average molecular weight is 285 g/mol. The van der Waals surface area contributed by atoms with Crippen molar-refractivity contribution in [2.45, 2.75) is 26.2 Å². The highest BCUT2D eigenvalue weighted by Gasteiger charge is 2.17. The molecule has 0 unspecified atom stereocenters. The molecule has 0 heterocycles. The minimum atomic E-state index is -0.903. The SMILES string of the molecule is CCCCOc1ccc(F)c(CC(=O)N=C(N)N)c1F. The van der Waals surface area contributed by atoms with Crippen LogP contribution in [0.5, 0.6) is 5.75 Å². The normalized spacial score (nSPS) is 10.2. The van der Waals surface area contributed by atoms with Crippen LogP contribution in [0.25, 0.3) is 0 Å². The molecule has 4 N–H and O–H groups in total. The van der Waals surface area contributed by atoms with Crippen LogP contribution in [0, 0.1) is 11.6 Å². The molecule has 0 spiro atoms. The molecule has 1 amide bonds. The molecule has 0 bridgehead atoms. The third-order valence-electron chi connectivity index (χ3n) is 2.49. The average Bonchev–Trinajstić information content (AvgIpc) is 2.36. The van der Waals surface area contributed by atoms with Crippen LogP contribution in [0.1, 0.15) is 25.3 Å². The Bertz CT molecular complexity index is 515. The molecule has 0 aliphatic rings. The number of hydrogen-bond donors (Lipinski definition) is 2. The van der Waals surface area contributed by atoms with Crippen LogP contribution in [-0.2, 0) is 11.2 Å². The number of carbonyl (C=O) groups is 1. The second-order valence-electron chi connectivity index (χ2n) is 4.15. The fourth-order valence-corrected chi connectivity index (χ4v) is 1.51. The number of halogens is 2. The maximum absolute atomic E-state index is 14.0. The standard InChI is InChI=1S/C13H17F2N3O2/c1-2-3-6-20-10-5-4-9(14)8(12(10)15)7-11(19)18-13(16)17/h4-5H,2-3,6-7H2,1H3,(H4,16,17,18,19). The zero-order valence-corrected chi connectivity index (χ0v) is 11.2. The van der Waals surface area contributed by atoms with Crippen LogP contribution in [0.15, 0.2) is 17.1 Å².